The maximum absolute atomic E-state index is 6.72. The molecule has 0 radical (unpaired) electrons. The van der Waals surface area contributed by atoms with Crippen LogP contribution < -0.4 is 0 Å². The SMILES string of the molecule is Cc1cnc(-c2c(C)ccc3c2oc2ccc4c(c23)-c2ccccc2C4(CC(C)C)CC(C)C)cc1C. The molecule has 1 aliphatic rings. The second-order valence-electron chi connectivity index (χ2n) is 12.1. The highest BCUT2D eigenvalue weighted by atomic mass is 16.3. The third kappa shape index (κ3) is 3.56. The van der Waals surface area contributed by atoms with Gasteiger partial charge in [-0.1, -0.05) is 70.2 Å². The Bertz CT molecular complexity index is 1660. The van der Waals surface area contributed by atoms with Crippen molar-refractivity contribution in [1.29, 1.82) is 0 Å². The fourth-order valence-corrected chi connectivity index (χ4v) is 6.97. The third-order valence-electron chi connectivity index (χ3n) is 8.38. The van der Waals surface area contributed by atoms with Gasteiger partial charge in [0.05, 0.1) is 5.69 Å². The Balaban J connectivity index is 1.71. The molecule has 2 nitrogen and oxygen atoms in total. The van der Waals surface area contributed by atoms with Gasteiger partial charge in [-0.15, -0.1) is 0 Å². The average Bonchev–Trinajstić information content (AvgIpc) is 3.34. The number of aromatic nitrogens is 1. The normalized spacial score (nSPS) is 14.2. The van der Waals surface area contributed by atoms with Gasteiger partial charge in [0, 0.05) is 27.9 Å². The summed E-state index contributed by atoms with van der Waals surface area (Å²) in [7, 11) is 0. The summed E-state index contributed by atoms with van der Waals surface area (Å²) >= 11 is 0. The molecule has 2 heteroatoms. The zero-order valence-corrected chi connectivity index (χ0v) is 23.2. The Morgan fingerprint density at radius 2 is 1.49 bits per heavy atom. The van der Waals surface area contributed by atoms with E-state index in [-0.39, 0.29) is 5.41 Å². The first kappa shape index (κ1) is 24.0. The molecule has 0 fully saturated rings. The third-order valence-corrected chi connectivity index (χ3v) is 8.38. The minimum absolute atomic E-state index is 0.0230. The molecule has 5 aromatic rings. The fourth-order valence-electron chi connectivity index (χ4n) is 6.97. The van der Waals surface area contributed by atoms with Crippen molar-refractivity contribution in [3.63, 3.8) is 0 Å². The van der Waals surface area contributed by atoms with Crippen molar-refractivity contribution in [3.05, 3.63) is 88.6 Å². The molecule has 0 bridgehead atoms. The zero-order chi connectivity index (χ0) is 26.1. The number of rotatable bonds is 5. The van der Waals surface area contributed by atoms with E-state index in [1.807, 2.05) is 6.20 Å². The standard InChI is InChI=1S/C35H37NO/c1-20(2)17-35(18-21(3)4)27-11-9-8-10-25(27)32-28(35)14-15-30-33(32)26-13-12-22(5)31(34(26)37-30)29-16-23(6)24(7)19-36-29/h8-16,19-21H,17-18H2,1-7H3. The van der Waals surface area contributed by atoms with Crippen LogP contribution in [0.15, 0.2) is 65.2 Å². The highest BCUT2D eigenvalue weighted by molar-refractivity contribution is 6.17. The van der Waals surface area contributed by atoms with Crippen LogP contribution >= 0.6 is 0 Å². The number of hydrogen-bond donors (Lipinski definition) is 0. The van der Waals surface area contributed by atoms with Gasteiger partial charge in [0.2, 0.25) is 0 Å². The van der Waals surface area contributed by atoms with E-state index in [0.717, 1.165) is 35.3 Å². The first-order chi connectivity index (χ1) is 17.7. The molecule has 0 amide bonds. The zero-order valence-electron chi connectivity index (χ0n) is 23.2. The molecule has 0 N–H and O–H groups in total. The summed E-state index contributed by atoms with van der Waals surface area (Å²) in [5.41, 5.74) is 13.4. The monoisotopic (exact) mass is 487 g/mol. The van der Waals surface area contributed by atoms with Gasteiger partial charge in [0.25, 0.3) is 0 Å². The van der Waals surface area contributed by atoms with Gasteiger partial charge in [0.15, 0.2) is 0 Å². The maximum atomic E-state index is 6.72. The second kappa shape index (κ2) is 8.58. The van der Waals surface area contributed by atoms with Crippen molar-refractivity contribution in [2.24, 2.45) is 11.8 Å². The molecular weight excluding hydrogens is 450 g/mol. The van der Waals surface area contributed by atoms with Crippen LogP contribution in [0.25, 0.3) is 44.3 Å². The van der Waals surface area contributed by atoms with Gasteiger partial charge in [-0.2, -0.15) is 0 Å². The largest absolute Gasteiger partial charge is 0.455 e. The number of aryl methyl sites for hydroxylation is 3. The first-order valence-corrected chi connectivity index (χ1v) is 13.7. The molecule has 37 heavy (non-hydrogen) atoms. The summed E-state index contributed by atoms with van der Waals surface area (Å²) in [6, 6.07) is 20.4. The lowest BCUT2D eigenvalue weighted by molar-refractivity contribution is 0.337. The van der Waals surface area contributed by atoms with Crippen molar-refractivity contribution in [1.82, 2.24) is 4.98 Å². The predicted octanol–water partition coefficient (Wildman–Crippen LogP) is 9.93. The van der Waals surface area contributed by atoms with E-state index in [9.17, 15) is 0 Å². The highest BCUT2D eigenvalue weighted by Gasteiger charge is 2.44. The van der Waals surface area contributed by atoms with E-state index >= 15 is 0 Å². The van der Waals surface area contributed by atoms with Gasteiger partial charge in [0.1, 0.15) is 11.2 Å². The first-order valence-electron chi connectivity index (χ1n) is 13.7. The minimum atomic E-state index is 0.0230. The molecule has 0 unspecified atom stereocenters. The fraction of sp³-hybridized carbons (Fsp3) is 0.343. The Hall–Kier alpha value is -3.39. The van der Waals surface area contributed by atoms with Crippen molar-refractivity contribution in [2.45, 2.75) is 66.7 Å². The van der Waals surface area contributed by atoms with Gasteiger partial charge in [-0.05, 0) is 96.5 Å². The molecular formula is C35H37NO. The highest BCUT2D eigenvalue weighted by Crippen LogP contribution is 2.58. The van der Waals surface area contributed by atoms with Crippen molar-refractivity contribution < 1.29 is 4.42 Å². The average molecular weight is 488 g/mol. The molecule has 188 valence electrons. The number of benzene rings is 3. The number of furan rings is 1. The van der Waals surface area contributed by atoms with Crippen LogP contribution in [0.3, 0.4) is 0 Å². The van der Waals surface area contributed by atoms with Crippen LogP contribution in [0.2, 0.25) is 0 Å². The molecule has 0 atom stereocenters. The summed E-state index contributed by atoms with van der Waals surface area (Å²) in [4.78, 5) is 4.83. The number of nitrogens with zero attached hydrogens (tertiary/aromatic N) is 1. The lowest BCUT2D eigenvalue weighted by Crippen LogP contribution is -2.29. The number of pyridine rings is 1. The minimum Gasteiger partial charge on any atom is -0.455 e. The van der Waals surface area contributed by atoms with Crippen LogP contribution in [0.1, 0.15) is 68.4 Å². The van der Waals surface area contributed by atoms with Crippen LogP contribution in [-0.2, 0) is 5.41 Å². The van der Waals surface area contributed by atoms with Crippen molar-refractivity contribution in [2.75, 3.05) is 0 Å². The van der Waals surface area contributed by atoms with Gasteiger partial charge in [-0.25, -0.2) is 0 Å². The van der Waals surface area contributed by atoms with Crippen molar-refractivity contribution >= 4 is 21.9 Å². The predicted molar refractivity (Wildman–Crippen MR) is 156 cm³/mol. The van der Waals surface area contributed by atoms with Crippen molar-refractivity contribution in [3.8, 4) is 22.4 Å². The molecule has 2 heterocycles. The van der Waals surface area contributed by atoms with E-state index in [4.69, 9.17) is 9.40 Å². The lowest BCUT2D eigenvalue weighted by atomic mass is 9.68. The number of hydrogen-bond acceptors (Lipinski definition) is 2. The molecule has 6 rings (SSSR count). The molecule has 0 saturated carbocycles. The Morgan fingerprint density at radius 3 is 2.19 bits per heavy atom. The molecule has 0 saturated heterocycles. The summed E-state index contributed by atoms with van der Waals surface area (Å²) in [6.07, 6.45) is 4.27. The quantitative estimate of drug-likeness (QED) is 0.246. The molecule has 0 aliphatic heterocycles. The van der Waals surface area contributed by atoms with E-state index in [1.54, 1.807) is 0 Å². The second-order valence-corrected chi connectivity index (χ2v) is 12.1. The van der Waals surface area contributed by atoms with E-state index in [0.29, 0.717) is 11.8 Å². The molecule has 0 spiro atoms. The van der Waals surface area contributed by atoms with Gasteiger partial charge < -0.3 is 4.42 Å². The van der Waals surface area contributed by atoms with E-state index in [2.05, 4.69) is 103 Å². The summed E-state index contributed by atoms with van der Waals surface area (Å²) in [5.74, 6) is 1.19. The van der Waals surface area contributed by atoms with Crippen LogP contribution in [0.4, 0.5) is 0 Å². The Labute approximate surface area is 220 Å². The Morgan fingerprint density at radius 1 is 0.757 bits per heavy atom. The smallest absolute Gasteiger partial charge is 0.145 e. The van der Waals surface area contributed by atoms with Gasteiger partial charge >= 0.3 is 0 Å². The maximum Gasteiger partial charge on any atom is 0.145 e. The summed E-state index contributed by atoms with van der Waals surface area (Å²) < 4.78 is 6.72. The van der Waals surface area contributed by atoms with E-state index in [1.165, 1.54) is 49.7 Å². The molecule has 3 aromatic carbocycles. The van der Waals surface area contributed by atoms with Crippen LogP contribution in [0, 0.1) is 32.6 Å². The summed E-state index contributed by atoms with van der Waals surface area (Å²) in [5, 5.41) is 2.44. The van der Waals surface area contributed by atoms with Crippen LogP contribution in [0.5, 0.6) is 0 Å². The lowest BCUT2D eigenvalue weighted by Gasteiger charge is -2.35. The number of fused-ring (bicyclic) bond motifs is 7. The van der Waals surface area contributed by atoms with Crippen LogP contribution in [-0.4, -0.2) is 4.98 Å². The molecule has 2 aromatic heterocycles. The summed E-state index contributed by atoms with van der Waals surface area (Å²) in [6.45, 7) is 15.9. The van der Waals surface area contributed by atoms with E-state index < -0.39 is 0 Å². The van der Waals surface area contributed by atoms with Gasteiger partial charge in [-0.3, -0.25) is 4.98 Å². The molecule has 1 aliphatic carbocycles. The topological polar surface area (TPSA) is 26.0 Å². The Kier molecular flexibility index (Phi) is 5.56.